The van der Waals surface area contributed by atoms with Gasteiger partial charge in [-0.25, -0.2) is 0 Å². The molecule has 0 aromatic rings. The molecular formula is C9H16O7. The zero-order valence-electron chi connectivity index (χ0n) is 8.69. The van der Waals surface area contributed by atoms with E-state index >= 15 is 0 Å². The van der Waals surface area contributed by atoms with Crippen LogP contribution in [-0.2, 0) is 4.74 Å². The van der Waals surface area contributed by atoms with Gasteiger partial charge < -0.3 is 35.4 Å². The van der Waals surface area contributed by atoms with E-state index in [4.69, 9.17) is 4.74 Å². The van der Waals surface area contributed by atoms with E-state index < -0.39 is 41.9 Å². The van der Waals surface area contributed by atoms with Crippen LogP contribution in [-0.4, -0.2) is 72.5 Å². The van der Waals surface area contributed by atoms with Gasteiger partial charge in [-0.3, -0.25) is 0 Å². The molecule has 1 heterocycles. The number of fused-ring (bicyclic) bond motifs is 1. The molecule has 7 atom stereocenters. The van der Waals surface area contributed by atoms with Gasteiger partial charge in [0.25, 0.3) is 0 Å². The molecule has 7 nitrogen and oxygen atoms in total. The van der Waals surface area contributed by atoms with E-state index in [2.05, 4.69) is 0 Å². The van der Waals surface area contributed by atoms with E-state index in [1.54, 1.807) is 0 Å². The van der Waals surface area contributed by atoms with Crippen LogP contribution in [0.5, 0.6) is 0 Å². The highest BCUT2D eigenvalue weighted by atomic mass is 16.7. The molecule has 1 unspecified atom stereocenters. The van der Waals surface area contributed by atoms with Crippen molar-refractivity contribution in [3.63, 3.8) is 0 Å². The van der Waals surface area contributed by atoms with Crippen LogP contribution in [0.3, 0.4) is 0 Å². The zero-order valence-corrected chi connectivity index (χ0v) is 8.69. The molecule has 0 spiro atoms. The summed E-state index contributed by atoms with van der Waals surface area (Å²) in [5, 5.41) is 57.8. The van der Waals surface area contributed by atoms with E-state index in [1.165, 1.54) is 6.92 Å². The van der Waals surface area contributed by atoms with Gasteiger partial charge in [0.1, 0.15) is 35.6 Å². The summed E-state index contributed by atoms with van der Waals surface area (Å²) < 4.78 is 4.95. The van der Waals surface area contributed by atoms with E-state index in [9.17, 15) is 30.6 Å². The van der Waals surface area contributed by atoms with Crippen molar-refractivity contribution in [3.8, 4) is 0 Å². The second kappa shape index (κ2) is 3.36. The Hall–Kier alpha value is -0.280. The first-order valence-electron chi connectivity index (χ1n) is 5.04. The summed E-state index contributed by atoms with van der Waals surface area (Å²) in [6.07, 6.45) is -8.13. The number of hydrogen-bond donors (Lipinski definition) is 6. The van der Waals surface area contributed by atoms with Crippen molar-refractivity contribution in [1.29, 1.82) is 0 Å². The fourth-order valence-electron chi connectivity index (χ4n) is 2.57. The first-order valence-corrected chi connectivity index (χ1v) is 5.04. The average molecular weight is 236 g/mol. The molecule has 0 amide bonds. The zero-order chi connectivity index (χ0) is 12.3. The molecular weight excluding hydrogens is 220 g/mol. The Balaban J connectivity index is 2.41. The molecule has 0 aromatic carbocycles. The third kappa shape index (κ3) is 1.22. The molecule has 1 saturated heterocycles. The smallest absolute Gasteiger partial charge is 0.181 e. The topological polar surface area (TPSA) is 131 Å². The quantitative estimate of drug-likeness (QED) is 0.259. The molecule has 0 radical (unpaired) electrons. The minimum atomic E-state index is -2.00. The highest BCUT2D eigenvalue weighted by Gasteiger charge is 2.70. The lowest BCUT2D eigenvalue weighted by Crippen LogP contribution is -2.66. The van der Waals surface area contributed by atoms with Gasteiger partial charge in [0.05, 0.1) is 0 Å². The Morgan fingerprint density at radius 3 is 2.19 bits per heavy atom. The lowest BCUT2D eigenvalue weighted by Gasteiger charge is -2.48. The molecule has 0 aromatic heterocycles. The van der Waals surface area contributed by atoms with E-state index in [0.717, 1.165) is 0 Å². The fraction of sp³-hybridized carbons (Fsp3) is 1.00. The van der Waals surface area contributed by atoms with E-state index in [1.807, 2.05) is 0 Å². The molecule has 2 aliphatic rings. The van der Waals surface area contributed by atoms with Crippen LogP contribution in [0.1, 0.15) is 13.3 Å². The minimum absolute atomic E-state index is 0.389. The van der Waals surface area contributed by atoms with E-state index in [-0.39, 0.29) is 6.42 Å². The van der Waals surface area contributed by atoms with Crippen molar-refractivity contribution in [2.24, 2.45) is 0 Å². The normalized spacial score (nSPS) is 62.1. The van der Waals surface area contributed by atoms with Gasteiger partial charge in [0, 0.05) is 6.42 Å². The molecule has 2 rings (SSSR count). The molecule has 1 aliphatic carbocycles. The third-order valence-corrected chi connectivity index (χ3v) is 3.78. The van der Waals surface area contributed by atoms with Gasteiger partial charge in [-0.15, -0.1) is 0 Å². The Morgan fingerprint density at radius 1 is 1.06 bits per heavy atom. The number of rotatable bonds is 0. The standard InChI is InChI=1S/C9H16O7/c1-8-5(12)4(11)6(13)9(8,15)2-3(10)7(14)16-8/h3-7,10-15H,2H2,1H3/t3-,4+,5+,6-,7?,8-,9-/m0/s1. The summed E-state index contributed by atoms with van der Waals surface area (Å²) >= 11 is 0. The van der Waals surface area contributed by atoms with Crippen molar-refractivity contribution in [1.82, 2.24) is 0 Å². The van der Waals surface area contributed by atoms with Crippen LogP contribution >= 0.6 is 0 Å². The maximum Gasteiger partial charge on any atom is 0.181 e. The fourth-order valence-corrected chi connectivity index (χ4v) is 2.57. The van der Waals surface area contributed by atoms with Crippen molar-refractivity contribution in [3.05, 3.63) is 0 Å². The highest BCUT2D eigenvalue weighted by Crippen LogP contribution is 2.48. The van der Waals surface area contributed by atoms with E-state index in [0.29, 0.717) is 0 Å². The predicted octanol–water partition coefficient (Wildman–Crippen LogP) is -3.33. The summed E-state index contributed by atoms with van der Waals surface area (Å²) in [5.41, 5.74) is -3.71. The summed E-state index contributed by atoms with van der Waals surface area (Å²) in [7, 11) is 0. The van der Waals surface area contributed by atoms with Crippen LogP contribution in [0, 0.1) is 0 Å². The average Bonchev–Trinajstić information content (AvgIpc) is 2.33. The molecule has 1 aliphatic heterocycles. The van der Waals surface area contributed by atoms with Crippen LogP contribution in [0.4, 0.5) is 0 Å². The first-order chi connectivity index (χ1) is 7.24. The van der Waals surface area contributed by atoms with Gasteiger partial charge in [0.15, 0.2) is 6.29 Å². The van der Waals surface area contributed by atoms with Gasteiger partial charge >= 0.3 is 0 Å². The number of aliphatic hydroxyl groups is 6. The highest BCUT2D eigenvalue weighted by molar-refractivity contribution is 5.20. The Bertz CT molecular complexity index is 270. The Morgan fingerprint density at radius 2 is 1.62 bits per heavy atom. The van der Waals surface area contributed by atoms with Crippen LogP contribution in [0.25, 0.3) is 0 Å². The summed E-state index contributed by atoms with van der Waals surface area (Å²) in [4.78, 5) is 0. The minimum Gasteiger partial charge on any atom is -0.388 e. The molecule has 7 heteroatoms. The molecule has 16 heavy (non-hydrogen) atoms. The summed E-state index contributed by atoms with van der Waals surface area (Å²) in [6.45, 7) is 1.27. The Labute approximate surface area is 91.5 Å². The SMILES string of the molecule is C[C@@]12OC(O)[C@@H](O)C[C@]1(O)[C@@H](O)[C@H](O)[C@H]2O. The summed E-state index contributed by atoms with van der Waals surface area (Å²) in [6, 6.07) is 0. The van der Waals surface area contributed by atoms with Gasteiger partial charge in [-0.2, -0.15) is 0 Å². The van der Waals surface area contributed by atoms with Crippen molar-refractivity contribution < 1.29 is 35.4 Å². The van der Waals surface area contributed by atoms with Crippen molar-refractivity contribution in [2.45, 2.75) is 55.3 Å². The maximum atomic E-state index is 10.2. The number of aliphatic hydroxyl groups excluding tert-OH is 5. The third-order valence-electron chi connectivity index (χ3n) is 3.78. The lowest BCUT2D eigenvalue weighted by atomic mass is 9.78. The molecule has 94 valence electrons. The lowest BCUT2D eigenvalue weighted by molar-refractivity contribution is -0.330. The van der Waals surface area contributed by atoms with Crippen molar-refractivity contribution >= 4 is 0 Å². The number of hydrogen-bond acceptors (Lipinski definition) is 7. The second-order valence-electron chi connectivity index (χ2n) is 4.69. The molecule has 1 saturated carbocycles. The molecule has 6 N–H and O–H groups in total. The molecule has 2 fully saturated rings. The van der Waals surface area contributed by atoms with Crippen LogP contribution < -0.4 is 0 Å². The molecule has 0 bridgehead atoms. The second-order valence-corrected chi connectivity index (χ2v) is 4.69. The first kappa shape index (κ1) is 12.2. The van der Waals surface area contributed by atoms with Gasteiger partial charge in [-0.1, -0.05) is 0 Å². The summed E-state index contributed by atoms with van der Waals surface area (Å²) in [5.74, 6) is 0. The monoisotopic (exact) mass is 236 g/mol. The Kier molecular flexibility index (Phi) is 2.56. The predicted molar refractivity (Wildman–Crippen MR) is 49.1 cm³/mol. The van der Waals surface area contributed by atoms with Gasteiger partial charge in [0.2, 0.25) is 0 Å². The maximum absolute atomic E-state index is 10.2. The van der Waals surface area contributed by atoms with Crippen molar-refractivity contribution in [2.75, 3.05) is 0 Å². The van der Waals surface area contributed by atoms with Gasteiger partial charge in [-0.05, 0) is 6.92 Å². The van der Waals surface area contributed by atoms with Crippen LogP contribution in [0.2, 0.25) is 0 Å². The number of ether oxygens (including phenoxy) is 1. The van der Waals surface area contributed by atoms with Crippen LogP contribution in [0.15, 0.2) is 0 Å². The largest absolute Gasteiger partial charge is 0.388 e.